The van der Waals surface area contributed by atoms with Crippen LogP contribution in [-0.4, -0.2) is 12.6 Å². The minimum absolute atomic E-state index is 0.00343. The van der Waals surface area contributed by atoms with Gasteiger partial charge in [0.15, 0.2) is 0 Å². The Hall–Kier alpha value is -0.530. The smallest absolute Gasteiger partial charge is 0.305 e. The summed E-state index contributed by atoms with van der Waals surface area (Å²) in [6, 6.07) is 0. The van der Waals surface area contributed by atoms with Crippen molar-refractivity contribution < 1.29 is 9.53 Å². The first-order chi connectivity index (χ1) is 8.74. The van der Waals surface area contributed by atoms with Crippen LogP contribution >= 0.6 is 0 Å². The van der Waals surface area contributed by atoms with Crippen LogP contribution in [-0.2, 0) is 9.53 Å². The lowest BCUT2D eigenvalue weighted by Gasteiger charge is -2.15. The molecule has 0 aromatic heterocycles. The molecule has 0 fully saturated rings. The second-order valence-electron chi connectivity index (χ2n) is 5.29. The molecule has 0 radical (unpaired) electrons. The van der Waals surface area contributed by atoms with E-state index in [9.17, 15) is 4.79 Å². The first kappa shape index (κ1) is 17.5. The number of carbonyl (C=O) groups is 1. The van der Waals surface area contributed by atoms with Crippen molar-refractivity contribution in [3.05, 3.63) is 0 Å². The molecule has 0 aromatic rings. The van der Waals surface area contributed by atoms with Gasteiger partial charge >= 0.3 is 5.97 Å². The predicted molar refractivity (Wildman–Crippen MR) is 77.6 cm³/mol. The summed E-state index contributed by atoms with van der Waals surface area (Å²) < 4.78 is 5.38. The van der Waals surface area contributed by atoms with E-state index in [4.69, 9.17) is 4.74 Å². The van der Waals surface area contributed by atoms with Crippen LogP contribution in [0.3, 0.4) is 0 Å². The van der Waals surface area contributed by atoms with Crippen LogP contribution in [0.5, 0.6) is 0 Å². The largest absolute Gasteiger partial charge is 0.465 e. The Balaban J connectivity index is 3.54. The van der Waals surface area contributed by atoms with Gasteiger partial charge in [-0.15, -0.1) is 0 Å². The van der Waals surface area contributed by atoms with Crippen molar-refractivity contribution in [2.45, 2.75) is 85.0 Å². The molecule has 0 saturated heterocycles. The summed E-state index contributed by atoms with van der Waals surface area (Å²) >= 11 is 0. The van der Waals surface area contributed by atoms with E-state index >= 15 is 0 Å². The molecule has 0 aromatic carbocycles. The molecule has 0 aliphatic carbocycles. The average molecular weight is 256 g/mol. The molecule has 0 saturated carbocycles. The predicted octanol–water partition coefficient (Wildman–Crippen LogP) is 5.11. The Bertz CT molecular complexity index is 184. The molecule has 0 rings (SSSR count). The van der Waals surface area contributed by atoms with Gasteiger partial charge in [-0.1, -0.05) is 59.3 Å². The van der Waals surface area contributed by atoms with Crippen molar-refractivity contribution in [1.82, 2.24) is 0 Å². The number of esters is 1. The van der Waals surface area contributed by atoms with Crippen LogP contribution in [0.15, 0.2) is 0 Å². The molecule has 0 unspecified atom stereocenters. The first-order valence-corrected chi connectivity index (χ1v) is 7.90. The summed E-state index contributed by atoms with van der Waals surface area (Å²) in [6.07, 6.45) is 11.3. The van der Waals surface area contributed by atoms with Crippen LogP contribution in [0.2, 0.25) is 0 Å². The summed E-state index contributed by atoms with van der Waals surface area (Å²) in [6.45, 7) is 7.22. The number of hydrogen-bond donors (Lipinski definition) is 0. The topological polar surface area (TPSA) is 26.3 Å². The van der Waals surface area contributed by atoms with Crippen LogP contribution in [0.25, 0.3) is 0 Å². The number of hydrogen-bond acceptors (Lipinski definition) is 2. The zero-order valence-electron chi connectivity index (χ0n) is 12.7. The van der Waals surface area contributed by atoms with E-state index in [1.54, 1.807) is 0 Å². The monoisotopic (exact) mass is 256 g/mol. The normalized spacial score (nSPS) is 10.9. The van der Waals surface area contributed by atoms with Gasteiger partial charge in [-0.2, -0.15) is 0 Å². The van der Waals surface area contributed by atoms with Crippen molar-refractivity contribution in [2.24, 2.45) is 5.92 Å². The first-order valence-electron chi connectivity index (χ1n) is 7.90. The Morgan fingerprint density at radius 3 is 2.06 bits per heavy atom. The SMILES string of the molecule is CCCCCCCC(=O)OCC(CCC)CCC. The van der Waals surface area contributed by atoms with Crippen molar-refractivity contribution >= 4 is 5.97 Å². The lowest BCUT2D eigenvalue weighted by atomic mass is 9.99. The summed E-state index contributed by atoms with van der Waals surface area (Å²) in [7, 11) is 0. The van der Waals surface area contributed by atoms with E-state index in [2.05, 4.69) is 20.8 Å². The lowest BCUT2D eigenvalue weighted by Crippen LogP contribution is -2.14. The number of ether oxygens (including phenoxy) is 1. The molecule has 18 heavy (non-hydrogen) atoms. The molecule has 0 atom stereocenters. The molecule has 0 amide bonds. The van der Waals surface area contributed by atoms with Crippen molar-refractivity contribution in [3.8, 4) is 0 Å². The van der Waals surface area contributed by atoms with Crippen LogP contribution in [0.1, 0.15) is 85.0 Å². The van der Waals surface area contributed by atoms with Gasteiger partial charge in [-0.3, -0.25) is 4.79 Å². The van der Waals surface area contributed by atoms with E-state index in [0.29, 0.717) is 18.9 Å². The molecule has 2 heteroatoms. The molecule has 0 bridgehead atoms. The highest BCUT2D eigenvalue weighted by Crippen LogP contribution is 2.14. The Labute approximate surface area is 113 Å². The maximum absolute atomic E-state index is 11.6. The molecule has 0 N–H and O–H groups in total. The standard InChI is InChI=1S/C16H32O2/c1-4-7-8-9-10-13-16(17)18-14-15(11-5-2)12-6-3/h15H,4-14H2,1-3H3. The van der Waals surface area contributed by atoms with Gasteiger partial charge in [0.1, 0.15) is 0 Å². The van der Waals surface area contributed by atoms with E-state index in [0.717, 1.165) is 12.8 Å². The minimum Gasteiger partial charge on any atom is -0.465 e. The fraction of sp³-hybridized carbons (Fsp3) is 0.938. The second-order valence-corrected chi connectivity index (χ2v) is 5.29. The van der Waals surface area contributed by atoms with E-state index < -0.39 is 0 Å². The van der Waals surface area contributed by atoms with E-state index in [1.807, 2.05) is 0 Å². The fourth-order valence-electron chi connectivity index (χ4n) is 2.28. The highest BCUT2D eigenvalue weighted by Gasteiger charge is 2.10. The summed E-state index contributed by atoms with van der Waals surface area (Å²) in [4.78, 5) is 11.6. The van der Waals surface area contributed by atoms with Crippen LogP contribution < -0.4 is 0 Å². The molecular weight excluding hydrogens is 224 g/mol. The van der Waals surface area contributed by atoms with Crippen LogP contribution in [0.4, 0.5) is 0 Å². The number of unbranched alkanes of at least 4 members (excludes halogenated alkanes) is 4. The van der Waals surface area contributed by atoms with E-state index in [1.165, 1.54) is 44.9 Å². The minimum atomic E-state index is 0.00343. The van der Waals surface area contributed by atoms with Crippen LogP contribution in [0, 0.1) is 5.92 Å². The molecule has 0 heterocycles. The van der Waals surface area contributed by atoms with Gasteiger partial charge in [-0.25, -0.2) is 0 Å². The summed E-state index contributed by atoms with van der Waals surface area (Å²) in [5, 5.41) is 0. The molecule has 108 valence electrons. The van der Waals surface area contributed by atoms with Gasteiger partial charge in [-0.05, 0) is 25.2 Å². The molecule has 0 aliphatic rings. The van der Waals surface area contributed by atoms with Crippen molar-refractivity contribution in [3.63, 3.8) is 0 Å². The fourth-order valence-corrected chi connectivity index (χ4v) is 2.28. The lowest BCUT2D eigenvalue weighted by molar-refractivity contribution is -0.145. The van der Waals surface area contributed by atoms with Gasteiger partial charge < -0.3 is 4.74 Å². The maximum atomic E-state index is 11.6. The highest BCUT2D eigenvalue weighted by molar-refractivity contribution is 5.69. The third kappa shape index (κ3) is 10.6. The third-order valence-electron chi connectivity index (χ3n) is 3.36. The zero-order chi connectivity index (χ0) is 13.6. The van der Waals surface area contributed by atoms with Gasteiger partial charge in [0, 0.05) is 6.42 Å². The van der Waals surface area contributed by atoms with Gasteiger partial charge in [0.05, 0.1) is 6.61 Å². The molecule has 0 aliphatic heterocycles. The highest BCUT2D eigenvalue weighted by atomic mass is 16.5. The molecule has 0 spiro atoms. The number of rotatable bonds is 12. The number of carbonyl (C=O) groups excluding carboxylic acids is 1. The Morgan fingerprint density at radius 1 is 0.889 bits per heavy atom. The Kier molecular flexibility index (Phi) is 12.5. The summed E-state index contributed by atoms with van der Waals surface area (Å²) in [5.74, 6) is 0.577. The second kappa shape index (κ2) is 12.9. The van der Waals surface area contributed by atoms with Gasteiger partial charge in [0.2, 0.25) is 0 Å². The third-order valence-corrected chi connectivity index (χ3v) is 3.36. The molecular formula is C16H32O2. The van der Waals surface area contributed by atoms with Gasteiger partial charge in [0.25, 0.3) is 0 Å². The zero-order valence-corrected chi connectivity index (χ0v) is 12.7. The van der Waals surface area contributed by atoms with Crippen molar-refractivity contribution in [1.29, 1.82) is 0 Å². The average Bonchev–Trinajstić information content (AvgIpc) is 2.36. The van der Waals surface area contributed by atoms with Crippen molar-refractivity contribution in [2.75, 3.05) is 6.61 Å². The van der Waals surface area contributed by atoms with E-state index in [-0.39, 0.29) is 5.97 Å². The Morgan fingerprint density at radius 2 is 1.50 bits per heavy atom. The maximum Gasteiger partial charge on any atom is 0.305 e. The quantitative estimate of drug-likeness (QED) is 0.358. The molecule has 2 nitrogen and oxygen atoms in total. The summed E-state index contributed by atoms with van der Waals surface area (Å²) in [5.41, 5.74) is 0.